The standard InChI is InChI=1S/C18H25N3/c1-3-9-21-13-17(12-20-21)18(19-4-2)16-10-14-7-5-6-8-15(14)11-16/h5-8,12-13,16,18-19H,3-4,9-11H2,1-2H3. The molecule has 0 saturated carbocycles. The topological polar surface area (TPSA) is 29.9 Å². The third kappa shape index (κ3) is 3.03. The number of fused-ring (bicyclic) bond motifs is 1. The molecule has 1 aliphatic rings. The van der Waals surface area contributed by atoms with E-state index in [4.69, 9.17) is 0 Å². The highest BCUT2D eigenvalue weighted by molar-refractivity contribution is 5.33. The van der Waals surface area contributed by atoms with Crippen molar-refractivity contribution in [2.24, 2.45) is 5.92 Å². The fraction of sp³-hybridized carbons (Fsp3) is 0.500. The van der Waals surface area contributed by atoms with Crippen LogP contribution in [-0.2, 0) is 19.4 Å². The van der Waals surface area contributed by atoms with E-state index in [0.29, 0.717) is 12.0 Å². The molecule has 21 heavy (non-hydrogen) atoms. The van der Waals surface area contributed by atoms with Gasteiger partial charge in [-0.25, -0.2) is 0 Å². The minimum atomic E-state index is 0.410. The second kappa shape index (κ2) is 6.44. The molecule has 0 saturated heterocycles. The van der Waals surface area contributed by atoms with Crippen LogP contribution in [0, 0.1) is 5.92 Å². The van der Waals surface area contributed by atoms with Crippen molar-refractivity contribution < 1.29 is 0 Å². The maximum atomic E-state index is 4.51. The zero-order chi connectivity index (χ0) is 14.7. The van der Waals surface area contributed by atoms with Crippen LogP contribution in [0.25, 0.3) is 0 Å². The van der Waals surface area contributed by atoms with Crippen LogP contribution in [0.3, 0.4) is 0 Å². The summed E-state index contributed by atoms with van der Waals surface area (Å²) in [6.07, 6.45) is 7.74. The fourth-order valence-corrected chi connectivity index (χ4v) is 3.50. The van der Waals surface area contributed by atoms with Gasteiger partial charge >= 0.3 is 0 Å². The highest BCUT2D eigenvalue weighted by atomic mass is 15.3. The Balaban J connectivity index is 1.79. The number of benzene rings is 1. The summed E-state index contributed by atoms with van der Waals surface area (Å²) in [7, 11) is 0. The first-order valence-corrected chi connectivity index (χ1v) is 8.14. The van der Waals surface area contributed by atoms with E-state index in [2.05, 4.69) is 59.4 Å². The molecule has 3 heteroatoms. The van der Waals surface area contributed by atoms with Gasteiger partial charge in [0.1, 0.15) is 0 Å². The first-order chi connectivity index (χ1) is 10.3. The van der Waals surface area contributed by atoms with Gasteiger partial charge in [0.15, 0.2) is 0 Å². The maximum absolute atomic E-state index is 4.51. The molecule has 1 N–H and O–H groups in total. The molecule has 1 atom stereocenters. The fourth-order valence-electron chi connectivity index (χ4n) is 3.50. The molecular formula is C18H25N3. The van der Waals surface area contributed by atoms with Gasteiger partial charge in [0.25, 0.3) is 0 Å². The van der Waals surface area contributed by atoms with Crippen molar-refractivity contribution >= 4 is 0 Å². The van der Waals surface area contributed by atoms with Gasteiger partial charge in [-0.2, -0.15) is 5.10 Å². The molecule has 2 aromatic rings. The zero-order valence-electron chi connectivity index (χ0n) is 13.0. The van der Waals surface area contributed by atoms with Crippen molar-refractivity contribution in [2.75, 3.05) is 6.54 Å². The molecule has 3 rings (SSSR count). The number of aryl methyl sites for hydroxylation is 1. The lowest BCUT2D eigenvalue weighted by atomic mass is 9.92. The first kappa shape index (κ1) is 14.3. The molecule has 1 unspecified atom stereocenters. The lowest BCUT2D eigenvalue weighted by Crippen LogP contribution is -2.28. The molecule has 0 spiro atoms. The first-order valence-electron chi connectivity index (χ1n) is 8.14. The van der Waals surface area contributed by atoms with E-state index in [-0.39, 0.29) is 0 Å². The summed E-state index contributed by atoms with van der Waals surface area (Å²) in [5.74, 6) is 0.640. The molecule has 3 nitrogen and oxygen atoms in total. The van der Waals surface area contributed by atoms with Gasteiger partial charge in [0.2, 0.25) is 0 Å². The SMILES string of the molecule is CCCn1cc(C(NCC)C2Cc3ccccc3C2)cn1. The lowest BCUT2D eigenvalue weighted by Gasteiger charge is -2.23. The molecule has 0 radical (unpaired) electrons. The van der Waals surface area contributed by atoms with Crippen LogP contribution in [-0.4, -0.2) is 16.3 Å². The smallest absolute Gasteiger partial charge is 0.0537 e. The highest BCUT2D eigenvalue weighted by Crippen LogP contribution is 2.35. The van der Waals surface area contributed by atoms with Gasteiger partial charge in [-0.05, 0) is 42.9 Å². The van der Waals surface area contributed by atoms with Gasteiger partial charge in [0, 0.05) is 24.3 Å². The number of aromatic nitrogens is 2. The molecular weight excluding hydrogens is 258 g/mol. The summed E-state index contributed by atoms with van der Waals surface area (Å²) < 4.78 is 2.07. The summed E-state index contributed by atoms with van der Waals surface area (Å²) in [4.78, 5) is 0. The molecule has 112 valence electrons. The Bertz CT molecular complexity index is 563. The van der Waals surface area contributed by atoms with Crippen molar-refractivity contribution in [1.29, 1.82) is 0 Å². The maximum Gasteiger partial charge on any atom is 0.0537 e. The van der Waals surface area contributed by atoms with Gasteiger partial charge < -0.3 is 5.32 Å². The van der Waals surface area contributed by atoms with Crippen LogP contribution in [0.15, 0.2) is 36.7 Å². The molecule has 1 aromatic carbocycles. The highest BCUT2D eigenvalue weighted by Gasteiger charge is 2.29. The minimum Gasteiger partial charge on any atom is -0.310 e. The second-order valence-electron chi connectivity index (χ2n) is 6.01. The second-order valence-corrected chi connectivity index (χ2v) is 6.01. The summed E-state index contributed by atoms with van der Waals surface area (Å²) >= 11 is 0. The normalized spacial score (nSPS) is 16.1. The summed E-state index contributed by atoms with van der Waals surface area (Å²) in [6, 6.07) is 9.27. The van der Waals surface area contributed by atoms with E-state index in [1.165, 1.54) is 29.5 Å². The van der Waals surface area contributed by atoms with E-state index >= 15 is 0 Å². The van der Waals surface area contributed by atoms with Crippen LogP contribution in [0.2, 0.25) is 0 Å². The third-order valence-corrected chi connectivity index (χ3v) is 4.44. The number of nitrogens with one attached hydrogen (secondary N) is 1. The molecule has 1 aliphatic carbocycles. The average molecular weight is 283 g/mol. The van der Waals surface area contributed by atoms with Crippen molar-refractivity contribution in [2.45, 2.75) is 45.7 Å². The molecule has 1 heterocycles. The summed E-state index contributed by atoms with van der Waals surface area (Å²) in [5.41, 5.74) is 4.38. The van der Waals surface area contributed by atoms with E-state index in [1.54, 1.807) is 0 Å². The number of nitrogens with zero attached hydrogens (tertiary/aromatic N) is 2. The predicted molar refractivity (Wildman–Crippen MR) is 86.3 cm³/mol. The Morgan fingerprint density at radius 3 is 2.57 bits per heavy atom. The van der Waals surface area contributed by atoms with Gasteiger partial charge in [0.05, 0.1) is 6.20 Å². The summed E-state index contributed by atoms with van der Waals surface area (Å²) in [6.45, 7) is 6.38. The quantitative estimate of drug-likeness (QED) is 0.881. The Morgan fingerprint density at radius 1 is 1.24 bits per heavy atom. The average Bonchev–Trinajstić information content (AvgIpc) is 3.11. The molecule has 0 amide bonds. The third-order valence-electron chi connectivity index (χ3n) is 4.44. The molecule has 0 aliphatic heterocycles. The van der Waals surface area contributed by atoms with Crippen molar-refractivity contribution in [3.8, 4) is 0 Å². The Labute approximate surface area is 127 Å². The van der Waals surface area contributed by atoms with Gasteiger partial charge in [-0.1, -0.05) is 38.1 Å². The Hall–Kier alpha value is -1.61. The van der Waals surface area contributed by atoms with Crippen molar-refractivity contribution in [3.05, 3.63) is 53.3 Å². The van der Waals surface area contributed by atoms with E-state index < -0.39 is 0 Å². The van der Waals surface area contributed by atoms with Crippen LogP contribution in [0.4, 0.5) is 0 Å². The van der Waals surface area contributed by atoms with Crippen molar-refractivity contribution in [3.63, 3.8) is 0 Å². The van der Waals surface area contributed by atoms with E-state index in [0.717, 1.165) is 19.5 Å². The van der Waals surface area contributed by atoms with Crippen LogP contribution in [0.5, 0.6) is 0 Å². The number of hydrogen-bond donors (Lipinski definition) is 1. The number of rotatable bonds is 6. The van der Waals surface area contributed by atoms with Crippen LogP contribution in [0.1, 0.15) is 43.0 Å². The van der Waals surface area contributed by atoms with E-state index in [1.807, 2.05) is 6.20 Å². The van der Waals surface area contributed by atoms with Gasteiger partial charge in [-0.15, -0.1) is 0 Å². The van der Waals surface area contributed by atoms with Crippen molar-refractivity contribution in [1.82, 2.24) is 15.1 Å². The zero-order valence-corrected chi connectivity index (χ0v) is 13.0. The monoisotopic (exact) mass is 283 g/mol. The largest absolute Gasteiger partial charge is 0.310 e. The van der Waals surface area contributed by atoms with Crippen LogP contribution >= 0.6 is 0 Å². The Kier molecular flexibility index (Phi) is 4.39. The lowest BCUT2D eigenvalue weighted by molar-refractivity contribution is 0.380. The Morgan fingerprint density at radius 2 is 1.95 bits per heavy atom. The van der Waals surface area contributed by atoms with Crippen LogP contribution < -0.4 is 5.32 Å². The van der Waals surface area contributed by atoms with Gasteiger partial charge in [-0.3, -0.25) is 4.68 Å². The molecule has 1 aromatic heterocycles. The molecule has 0 fully saturated rings. The minimum absolute atomic E-state index is 0.410. The number of hydrogen-bond acceptors (Lipinski definition) is 2. The molecule has 0 bridgehead atoms. The summed E-state index contributed by atoms with van der Waals surface area (Å²) in [5, 5.41) is 8.18. The van der Waals surface area contributed by atoms with E-state index in [9.17, 15) is 0 Å². The predicted octanol–water partition coefficient (Wildman–Crippen LogP) is 3.36.